The van der Waals surface area contributed by atoms with Crippen LogP contribution in [0.2, 0.25) is 0 Å². The first-order chi connectivity index (χ1) is 11.5. The highest BCUT2D eigenvalue weighted by atomic mass is 16.5. The van der Waals surface area contributed by atoms with Crippen molar-refractivity contribution < 1.29 is 9.32 Å². The molecule has 130 valence electrons. The van der Waals surface area contributed by atoms with E-state index in [4.69, 9.17) is 4.52 Å². The third-order valence-corrected chi connectivity index (χ3v) is 5.19. The minimum Gasteiger partial charge on any atom is -0.359 e. The van der Waals surface area contributed by atoms with Gasteiger partial charge in [0.15, 0.2) is 11.5 Å². The Morgan fingerprint density at radius 3 is 2.92 bits per heavy atom. The van der Waals surface area contributed by atoms with Crippen LogP contribution in [0.3, 0.4) is 0 Å². The van der Waals surface area contributed by atoms with Gasteiger partial charge in [-0.15, -0.1) is 0 Å². The molecule has 1 aliphatic heterocycles. The molecule has 0 bridgehead atoms. The van der Waals surface area contributed by atoms with Crippen LogP contribution in [0.1, 0.15) is 61.3 Å². The van der Waals surface area contributed by atoms with Crippen molar-refractivity contribution in [3.8, 4) is 0 Å². The average molecular weight is 330 g/mol. The predicted octanol–water partition coefficient (Wildman–Crippen LogP) is 3.27. The molecule has 2 aromatic heterocycles. The van der Waals surface area contributed by atoms with Gasteiger partial charge in [-0.2, -0.15) is 5.10 Å². The molecule has 6 nitrogen and oxygen atoms in total. The number of hydrogen-bond donors (Lipinski definition) is 0. The Balaban J connectivity index is 1.65. The van der Waals surface area contributed by atoms with Crippen molar-refractivity contribution in [2.24, 2.45) is 5.41 Å². The highest BCUT2D eigenvalue weighted by Gasteiger charge is 2.29. The second kappa shape index (κ2) is 6.79. The van der Waals surface area contributed by atoms with Gasteiger partial charge >= 0.3 is 0 Å². The number of nitrogens with zero attached hydrogens (tertiary/aromatic N) is 4. The minimum absolute atomic E-state index is 0.0259. The molecule has 0 aliphatic carbocycles. The molecule has 6 heteroatoms. The summed E-state index contributed by atoms with van der Waals surface area (Å²) in [6, 6.07) is 1.74. The third-order valence-electron chi connectivity index (χ3n) is 5.19. The molecule has 1 aliphatic rings. The van der Waals surface area contributed by atoms with Gasteiger partial charge < -0.3 is 9.42 Å². The van der Waals surface area contributed by atoms with E-state index >= 15 is 0 Å². The Bertz CT molecular complexity index is 705. The smallest absolute Gasteiger partial charge is 0.276 e. The van der Waals surface area contributed by atoms with Crippen LogP contribution in [-0.4, -0.2) is 38.8 Å². The summed E-state index contributed by atoms with van der Waals surface area (Å²) in [5.41, 5.74) is 1.84. The predicted molar refractivity (Wildman–Crippen MR) is 90.7 cm³/mol. The van der Waals surface area contributed by atoms with Gasteiger partial charge in [0.2, 0.25) is 0 Å². The van der Waals surface area contributed by atoms with E-state index in [-0.39, 0.29) is 5.91 Å². The number of aryl methyl sites for hydroxylation is 1. The molecule has 1 fully saturated rings. The molecule has 2 aromatic rings. The summed E-state index contributed by atoms with van der Waals surface area (Å²) in [5, 5.41) is 8.20. The molecule has 1 amide bonds. The van der Waals surface area contributed by atoms with Gasteiger partial charge in [0.05, 0.1) is 6.20 Å². The quantitative estimate of drug-likeness (QED) is 0.863. The maximum atomic E-state index is 12.7. The van der Waals surface area contributed by atoms with Gasteiger partial charge in [0.25, 0.3) is 5.91 Å². The van der Waals surface area contributed by atoms with Crippen LogP contribution in [-0.2, 0) is 6.54 Å². The molecule has 0 radical (unpaired) electrons. The number of amides is 1. The van der Waals surface area contributed by atoms with Gasteiger partial charge in [-0.05, 0) is 37.2 Å². The summed E-state index contributed by atoms with van der Waals surface area (Å²) in [7, 11) is 0. The van der Waals surface area contributed by atoms with Crippen molar-refractivity contribution in [2.45, 2.75) is 53.0 Å². The van der Waals surface area contributed by atoms with Crippen LogP contribution >= 0.6 is 0 Å². The Kier molecular flexibility index (Phi) is 4.73. The van der Waals surface area contributed by atoms with Gasteiger partial charge in [-0.25, -0.2) is 0 Å². The molecule has 0 unspecified atom stereocenters. The normalized spacial score (nSPS) is 21.7. The lowest BCUT2D eigenvalue weighted by Crippen LogP contribution is -2.32. The van der Waals surface area contributed by atoms with Crippen LogP contribution < -0.4 is 0 Å². The largest absolute Gasteiger partial charge is 0.359 e. The van der Waals surface area contributed by atoms with Crippen LogP contribution in [0, 0.1) is 12.3 Å². The summed E-state index contributed by atoms with van der Waals surface area (Å²) in [4.78, 5) is 14.6. The fraction of sp³-hybridized carbons (Fsp3) is 0.611. The van der Waals surface area contributed by atoms with Gasteiger partial charge in [0.1, 0.15) is 6.54 Å². The Morgan fingerprint density at radius 1 is 1.38 bits per heavy atom. The van der Waals surface area contributed by atoms with Crippen molar-refractivity contribution in [1.82, 2.24) is 19.8 Å². The van der Waals surface area contributed by atoms with E-state index in [2.05, 4.69) is 24.1 Å². The minimum atomic E-state index is -0.0259. The Morgan fingerprint density at radius 2 is 2.21 bits per heavy atom. The lowest BCUT2D eigenvalue weighted by Gasteiger charge is -2.26. The van der Waals surface area contributed by atoms with Crippen molar-refractivity contribution in [1.29, 1.82) is 0 Å². The Hall–Kier alpha value is -2.11. The van der Waals surface area contributed by atoms with Gasteiger partial charge in [-0.3, -0.25) is 9.48 Å². The second-order valence-corrected chi connectivity index (χ2v) is 7.20. The monoisotopic (exact) mass is 330 g/mol. The van der Waals surface area contributed by atoms with Crippen molar-refractivity contribution in [3.63, 3.8) is 0 Å². The zero-order valence-electron chi connectivity index (χ0n) is 14.8. The van der Waals surface area contributed by atoms with Crippen LogP contribution in [0.15, 0.2) is 23.0 Å². The third kappa shape index (κ3) is 3.68. The number of rotatable bonds is 4. The molecule has 0 saturated carbocycles. The second-order valence-electron chi connectivity index (χ2n) is 7.20. The molecule has 3 heterocycles. The molecule has 0 aromatic carbocycles. The fourth-order valence-corrected chi connectivity index (χ4v) is 3.26. The maximum absolute atomic E-state index is 12.7. The number of carbonyl (C=O) groups is 1. The molecule has 1 saturated heterocycles. The summed E-state index contributed by atoms with van der Waals surface area (Å²) >= 11 is 0. The molecule has 0 N–H and O–H groups in total. The highest BCUT2D eigenvalue weighted by Crippen LogP contribution is 2.34. The highest BCUT2D eigenvalue weighted by molar-refractivity contribution is 5.92. The number of likely N-dealkylation sites (tertiary alicyclic amines) is 1. The zero-order chi connectivity index (χ0) is 17.2. The van der Waals surface area contributed by atoms with E-state index in [1.807, 2.05) is 18.0 Å². The first kappa shape index (κ1) is 16.7. The van der Waals surface area contributed by atoms with Crippen LogP contribution in [0.25, 0.3) is 0 Å². The fourth-order valence-electron chi connectivity index (χ4n) is 3.26. The number of aromatic nitrogens is 3. The zero-order valence-corrected chi connectivity index (χ0v) is 14.8. The lowest BCUT2D eigenvalue weighted by molar-refractivity contribution is 0.0745. The van der Waals surface area contributed by atoms with Crippen LogP contribution in [0.5, 0.6) is 0 Å². The van der Waals surface area contributed by atoms with Gasteiger partial charge in [-0.1, -0.05) is 25.4 Å². The van der Waals surface area contributed by atoms with E-state index in [1.54, 1.807) is 16.9 Å². The number of hydrogen-bond acceptors (Lipinski definition) is 4. The van der Waals surface area contributed by atoms with E-state index in [9.17, 15) is 4.79 Å². The van der Waals surface area contributed by atoms with E-state index in [0.717, 1.165) is 37.9 Å². The summed E-state index contributed by atoms with van der Waals surface area (Å²) in [5.74, 6) is 0.622. The molecule has 3 rings (SSSR count). The topological polar surface area (TPSA) is 64.2 Å². The molecule has 24 heavy (non-hydrogen) atoms. The first-order valence-corrected chi connectivity index (χ1v) is 8.73. The van der Waals surface area contributed by atoms with E-state index in [0.29, 0.717) is 23.4 Å². The number of carbonyl (C=O) groups excluding carboxylic acids is 1. The first-order valence-electron chi connectivity index (χ1n) is 8.73. The molecular weight excluding hydrogens is 304 g/mol. The molecular formula is C18H26N4O2. The van der Waals surface area contributed by atoms with E-state index in [1.165, 1.54) is 6.42 Å². The van der Waals surface area contributed by atoms with Crippen molar-refractivity contribution in [3.05, 3.63) is 35.5 Å². The summed E-state index contributed by atoms with van der Waals surface area (Å²) < 4.78 is 7.11. The van der Waals surface area contributed by atoms with Crippen molar-refractivity contribution in [2.75, 3.05) is 13.1 Å². The van der Waals surface area contributed by atoms with Crippen molar-refractivity contribution >= 4 is 5.91 Å². The van der Waals surface area contributed by atoms with Crippen LogP contribution in [0.4, 0.5) is 0 Å². The lowest BCUT2D eigenvalue weighted by atomic mass is 9.80. The average Bonchev–Trinajstić information content (AvgIpc) is 3.14. The van der Waals surface area contributed by atoms with E-state index < -0.39 is 0 Å². The SMILES string of the molecule is CC[C@]1(C)CCCN(C(=O)c2cc(Cn3cc(C)cn3)on2)CC1. The summed E-state index contributed by atoms with van der Waals surface area (Å²) in [6.45, 7) is 8.63. The maximum Gasteiger partial charge on any atom is 0.276 e. The summed E-state index contributed by atoms with van der Waals surface area (Å²) in [6.07, 6.45) is 8.16. The standard InChI is InChI=1S/C18H26N4O2/c1-4-18(3)6-5-8-21(9-7-18)17(23)16-10-15(24-20-16)13-22-12-14(2)11-19-22/h10-12H,4-9,13H2,1-3H3/t18-/m1/s1. The Labute approximate surface area is 142 Å². The molecule has 1 atom stereocenters. The van der Waals surface area contributed by atoms with Gasteiger partial charge in [0, 0.05) is 25.4 Å². The molecule has 0 spiro atoms.